The van der Waals surface area contributed by atoms with Crippen LogP contribution >= 0.6 is 34.4 Å². The molecule has 1 aliphatic rings. The molecule has 1 saturated heterocycles. The Morgan fingerprint density at radius 1 is 1.46 bits per heavy atom. The van der Waals surface area contributed by atoms with Gasteiger partial charge in [-0.3, -0.25) is 4.79 Å². The van der Waals surface area contributed by atoms with Gasteiger partial charge in [-0.25, -0.2) is 8.42 Å². The van der Waals surface area contributed by atoms with E-state index in [1.807, 2.05) is 6.26 Å². The van der Waals surface area contributed by atoms with Crippen molar-refractivity contribution in [2.24, 2.45) is 5.92 Å². The number of anilines is 1. The fourth-order valence-corrected chi connectivity index (χ4v) is 6.30. The predicted molar refractivity (Wildman–Crippen MR) is 96.1 cm³/mol. The Kier molecular flexibility index (Phi) is 5.55. The fourth-order valence-electron chi connectivity index (χ4n) is 2.46. The molecular formula is C13H16N4O3S4. The number of rotatable bonds is 5. The van der Waals surface area contributed by atoms with E-state index in [1.54, 1.807) is 17.5 Å². The number of thiophene rings is 1. The van der Waals surface area contributed by atoms with Crippen LogP contribution in [-0.4, -0.2) is 48.2 Å². The van der Waals surface area contributed by atoms with Gasteiger partial charge in [0.1, 0.15) is 4.21 Å². The lowest BCUT2D eigenvalue weighted by Gasteiger charge is -2.30. The second kappa shape index (κ2) is 7.48. The highest BCUT2D eigenvalue weighted by molar-refractivity contribution is 8.00. The maximum absolute atomic E-state index is 12.6. The molecule has 0 saturated carbocycles. The monoisotopic (exact) mass is 404 g/mol. The van der Waals surface area contributed by atoms with Crippen LogP contribution in [0, 0.1) is 5.92 Å². The average molecular weight is 405 g/mol. The van der Waals surface area contributed by atoms with Crippen LogP contribution in [-0.2, 0) is 14.8 Å². The number of aromatic nitrogens is 2. The van der Waals surface area contributed by atoms with Crippen molar-refractivity contribution in [1.29, 1.82) is 0 Å². The first-order valence-corrected chi connectivity index (χ1v) is 11.6. The Balaban J connectivity index is 1.68. The minimum Gasteiger partial charge on any atom is -0.300 e. The zero-order chi connectivity index (χ0) is 17.2. The van der Waals surface area contributed by atoms with Crippen LogP contribution < -0.4 is 5.32 Å². The molecule has 1 amide bonds. The lowest BCUT2D eigenvalue weighted by molar-refractivity contribution is -0.120. The van der Waals surface area contributed by atoms with E-state index in [1.165, 1.54) is 38.7 Å². The Morgan fingerprint density at radius 3 is 2.96 bits per heavy atom. The minimum absolute atomic E-state index is 0.195. The largest absolute Gasteiger partial charge is 0.300 e. The molecule has 130 valence electrons. The summed E-state index contributed by atoms with van der Waals surface area (Å²) in [4.78, 5) is 12.4. The van der Waals surface area contributed by atoms with Crippen LogP contribution in [0.15, 0.2) is 26.1 Å². The van der Waals surface area contributed by atoms with Gasteiger partial charge in [0.05, 0.1) is 5.92 Å². The summed E-state index contributed by atoms with van der Waals surface area (Å²) < 4.78 is 27.7. The molecule has 0 bridgehead atoms. The third-order valence-electron chi connectivity index (χ3n) is 3.66. The highest BCUT2D eigenvalue weighted by Crippen LogP contribution is 2.28. The molecule has 1 atom stereocenters. The first-order valence-electron chi connectivity index (χ1n) is 7.22. The van der Waals surface area contributed by atoms with Crippen molar-refractivity contribution in [3.63, 3.8) is 0 Å². The first kappa shape index (κ1) is 17.8. The number of carbonyl (C=O) groups is 1. The van der Waals surface area contributed by atoms with Crippen LogP contribution in [0.2, 0.25) is 0 Å². The Labute approximate surface area is 152 Å². The molecule has 3 heterocycles. The summed E-state index contributed by atoms with van der Waals surface area (Å²) >= 11 is 3.96. The fraction of sp³-hybridized carbons (Fsp3) is 0.462. The number of sulfonamides is 1. The maximum atomic E-state index is 12.6. The quantitative estimate of drug-likeness (QED) is 0.607. The molecule has 24 heavy (non-hydrogen) atoms. The van der Waals surface area contributed by atoms with Gasteiger partial charge in [-0.15, -0.1) is 21.5 Å². The van der Waals surface area contributed by atoms with Crippen LogP contribution in [0.4, 0.5) is 5.13 Å². The molecule has 0 unspecified atom stereocenters. The van der Waals surface area contributed by atoms with Gasteiger partial charge in [-0.1, -0.05) is 29.2 Å². The standard InChI is InChI=1S/C13H16N4O3S4/c1-21-13-16-15-12(23-13)14-11(18)9-4-2-6-17(8-9)24(19,20)10-5-3-7-22-10/h3,5,7,9H,2,4,6,8H2,1H3,(H,14,15,18)/t9-/m1/s1. The molecular weight excluding hydrogens is 388 g/mol. The molecule has 1 fully saturated rings. The van der Waals surface area contributed by atoms with Gasteiger partial charge in [0.25, 0.3) is 10.0 Å². The van der Waals surface area contributed by atoms with Gasteiger partial charge in [-0.2, -0.15) is 4.31 Å². The van der Waals surface area contributed by atoms with Gasteiger partial charge < -0.3 is 5.32 Å². The van der Waals surface area contributed by atoms with Gasteiger partial charge in [0.2, 0.25) is 11.0 Å². The van der Waals surface area contributed by atoms with Gasteiger partial charge in [-0.05, 0) is 30.5 Å². The van der Waals surface area contributed by atoms with E-state index in [9.17, 15) is 13.2 Å². The van der Waals surface area contributed by atoms with E-state index in [0.717, 1.165) is 4.34 Å². The van der Waals surface area contributed by atoms with Crippen molar-refractivity contribution in [3.05, 3.63) is 17.5 Å². The van der Waals surface area contributed by atoms with Crippen molar-refractivity contribution in [3.8, 4) is 0 Å². The van der Waals surface area contributed by atoms with Gasteiger partial charge in [0.15, 0.2) is 4.34 Å². The molecule has 2 aromatic heterocycles. The predicted octanol–water partition coefficient (Wildman–Crippen LogP) is 2.36. The second-order valence-electron chi connectivity index (χ2n) is 5.20. The van der Waals surface area contributed by atoms with Gasteiger partial charge in [0, 0.05) is 13.1 Å². The lowest BCUT2D eigenvalue weighted by atomic mass is 9.99. The van der Waals surface area contributed by atoms with Crippen LogP contribution in [0.5, 0.6) is 0 Å². The zero-order valence-electron chi connectivity index (χ0n) is 12.8. The smallest absolute Gasteiger partial charge is 0.252 e. The molecule has 0 aliphatic carbocycles. The van der Waals surface area contributed by atoms with Crippen molar-refractivity contribution in [2.75, 3.05) is 24.7 Å². The van der Waals surface area contributed by atoms with Gasteiger partial charge >= 0.3 is 0 Å². The molecule has 1 aliphatic heterocycles. The summed E-state index contributed by atoms with van der Waals surface area (Å²) in [5.74, 6) is -0.583. The van der Waals surface area contributed by atoms with E-state index in [4.69, 9.17) is 0 Å². The molecule has 2 aromatic rings. The Morgan fingerprint density at radius 2 is 2.29 bits per heavy atom. The number of amides is 1. The SMILES string of the molecule is CSc1nnc(NC(=O)[C@@H]2CCCN(S(=O)(=O)c3cccs3)C2)s1. The van der Waals surface area contributed by atoms with E-state index in [-0.39, 0.29) is 18.4 Å². The summed E-state index contributed by atoms with van der Waals surface area (Å²) in [7, 11) is -3.51. The zero-order valence-corrected chi connectivity index (χ0v) is 16.1. The lowest BCUT2D eigenvalue weighted by Crippen LogP contribution is -2.43. The number of carbonyl (C=O) groups excluding carboxylic acids is 1. The Bertz CT molecular complexity index is 803. The second-order valence-corrected chi connectivity index (χ2v) is 10.3. The number of thioether (sulfide) groups is 1. The molecule has 1 N–H and O–H groups in total. The number of hydrogen-bond acceptors (Lipinski definition) is 8. The van der Waals surface area contributed by atoms with Crippen molar-refractivity contribution < 1.29 is 13.2 Å². The molecule has 7 nitrogen and oxygen atoms in total. The number of nitrogens with zero attached hydrogens (tertiary/aromatic N) is 3. The van der Waals surface area contributed by atoms with E-state index < -0.39 is 10.0 Å². The number of hydrogen-bond donors (Lipinski definition) is 1. The van der Waals surface area contributed by atoms with E-state index in [0.29, 0.717) is 28.7 Å². The highest BCUT2D eigenvalue weighted by Gasteiger charge is 2.34. The van der Waals surface area contributed by atoms with Crippen LogP contribution in [0.1, 0.15) is 12.8 Å². The summed E-state index contributed by atoms with van der Waals surface area (Å²) in [5.41, 5.74) is 0. The average Bonchev–Trinajstić information content (AvgIpc) is 3.27. The summed E-state index contributed by atoms with van der Waals surface area (Å²) in [6, 6.07) is 3.30. The topological polar surface area (TPSA) is 92.3 Å². The summed E-state index contributed by atoms with van der Waals surface area (Å²) in [5, 5.41) is 12.8. The van der Waals surface area contributed by atoms with Crippen molar-refractivity contribution in [2.45, 2.75) is 21.4 Å². The minimum atomic E-state index is -3.51. The molecule has 0 aromatic carbocycles. The number of nitrogens with one attached hydrogen (secondary N) is 1. The molecule has 11 heteroatoms. The summed E-state index contributed by atoms with van der Waals surface area (Å²) in [6.07, 6.45) is 3.21. The van der Waals surface area contributed by atoms with Crippen LogP contribution in [0.25, 0.3) is 0 Å². The molecule has 0 radical (unpaired) electrons. The highest BCUT2D eigenvalue weighted by atomic mass is 32.2. The van der Waals surface area contributed by atoms with Crippen LogP contribution in [0.3, 0.4) is 0 Å². The maximum Gasteiger partial charge on any atom is 0.252 e. The molecule has 3 rings (SSSR count). The van der Waals surface area contributed by atoms with E-state index >= 15 is 0 Å². The number of piperidine rings is 1. The Hall–Kier alpha value is -1.01. The van der Waals surface area contributed by atoms with Crippen molar-refractivity contribution >= 4 is 55.5 Å². The molecule has 0 spiro atoms. The normalized spacial score (nSPS) is 19.3. The van der Waals surface area contributed by atoms with E-state index in [2.05, 4.69) is 15.5 Å². The third-order valence-corrected chi connectivity index (χ3v) is 8.71. The van der Waals surface area contributed by atoms with Crippen molar-refractivity contribution in [1.82, 2.24) is 14.5 Å². The first-order chi connectivity index (χ1) is 11.5. The third kappa shape index (κ3) is 3.80. The summed E-state index contributed by atoms with van der Waals surface area (Å²) in [6.45, 7) is 0.639.